The van der Waals surface area contributed by atoms with Crippen LogP contribution in [0.3, 0.4) is 0 Å². The number of nitrogens with zero attached hydrogens (tertiary/aromatic N) is 4. The van der Waals surface area contributed by atoms with Gasteiger partial charge < -0.3 is 5.32 Å². The molecule has 5 nitrogen and oxygen atoms in total. The molecule has 1 spiro atoms. The van der Waals surface area contributed by atoms with Gasteiger partial charge in [-0.25, -0.2) is 9.67 Å². The third kappa shape index (κ3) is 2.29. The van der Waals surface area contributed by atoms with Crippen molar-refractivity contribution in [3.05, 3.63) is 12.2 Å². The van der Waals surface area contributed by atoms with Crippen LogP contribution in [0.25, 0.3) is 0 Å². The maximum Gasteiger partial charge on any atom is 0.140 e. The smallest absolute Gasteiger partial charge is 0.140 e. The summed E-state index contributed by atoms with van der Waals surface area (Å²) < 4.78 is 2.00. The molecule has 0 bridgehead atoms. The number of aryl methyl sites for hydroxylation is 1. The van der Waals surface area contributed by atoms with Crippen LogP contribution < -0.4 is 5.32 Å². The highest BCUT2D eigenvalue weighted by molar-refractivity contribution is 4.96. The molecule has 0 amide bonds. The second-order valence-electron chi connectivity index (χ2n) is 5.73. The van der Waals surface area contributed by atoms with E-state index >= 15 is 0 Å². The summed E-state index contributed by atoms with van der Waals surface area (Å²) in [4.78, 5) is 6.92. The van der Waals surface area contributed by atoms with E-state index in [1.165, 1.54) is 45.4 Å². The lowest BCUT2D eigenvalue weighted by Crippen LogP contribution is -2.41. The summed E-state index contributed by atoms with van der Waals surface area (Å²) in [6, 6.07) is 0. The first-order chi connectivity index (χ1) is 8.81. The van der Waals surface area contributed by atoms with E-state index in [0.29, 0.717) is 5.41 Å². The highest BCUT2D eigenvalue weighted by Gasteiger charge is 2.38. The summed E-state index contributed by atoms with van der Waals surface area (Å²) in [7, 11) is 0. The highest BCUT2D eigenvalue weighted by atomic mass is 15.3. The minimum atomic E-state index is 0.537. The second-order valence-corrected chi connectivity index (χ2v) is 5.73. The normalized spacial score (nSPS) is 29.2. The molecule has 3 heterocycles. The Hall–Kier alpha value is -0.940. The monoisotopic (exact) mass is 249 g/mol. The topological polar surface area (TPSA) is 46.0 Å². The molecular formula is C13H23N5. The fourth-order valence-corrected chi connectivity index (χ4v) is 3.42. The van der Waals surface area contributed by atoms with Gasteiger partial charge in [-0.05, 0) is 44.7 Å². The Morgan fingerprint density at radius 3 is 3.17 bits per heavy atom. The second kappa shape index (κ2) is 4.97. The molecule has 1 N–H and O–H groups in total. The van der Waals surface area contributed by atoms with Crippen LogP contribution in [-0.4, -0.2) is 45.8 Å². The number of piperidine rings is 1. The molecule has 5 heteroatoms. The fourth-order valence-electron chi connectivity index (χ4n) is 3.42. The van der Waals surface area contributed by atoms with Crippen molar-refractivity contribution in [3.8, 4) is 0 Å². The molecule has 3 rings (SSSR count). The highest BCUT2D eigenvalue weighted by Crippen LogP contribution is 2.36. The molecule has 18 heavy (non-hydrogen) atoms. The summed E-state index contributed by atoms with van der Waals surface area (Å²) in [6.07, 6.45) is 5.73. The molecule has 0 radical (unpaired) electrons. The first kappa shape index (κ1) is 12.1. The van der Waals surface area contributed by atoms with E-state index in [4.69, 9.17) is 0 Å². The zero-order valence-corrected chi connectivity index (χ0v) is 11.2. The van der Waals surface area contributed by atoms with Crippen molar-refractivity contribution in [1.29, 1.82) is 0 Å². The Morgan fingerprint density at radius 2 is 2.39 bits per heavy atom. The van der Waals surface area contributed by atoms with Crippen LogP contribution in [0.5, 0.6) is 0 Å². The summed E-state index contributed by atoms with van der Waals surface area (Å²) in [6.45, 7) is 8.81. The molecule has 1 aromatic heterocycles. The average Bonchev–Trinajstić information content (AvgIpc) is 2.99. The Labute approximate surface area is 109 Å². The maximum absolute atomic E-state index is 4.38. The average molecular weight is 249 g/mol. The van der Waals surface area contributed by atoms with Gasteiger partial charge in [-0.2, -0.15) is 5.10 Å². The van der Waals surface area contributed by atoms with Gasteiger partial charge in [0.05, 0.1) is 6.54 Å². The van der Waals surface area contributed by atoms with Crippen LogP contribution in [0.15, 0.2) is 6.33 Å². The summed E-state index contributed by atoms with van der Waals surface area (Å²) >= 11 is 0. The van der Waals surface area contributed by atoms with Crippen molar-refractivity contribution in [3.63, 3.8) is 0 Å². The van der Waals surface area contributed by atoms with Gasteiger partial charge in [0.25, 0.3) is 0 Å². The lowest BCUT2D eigenvalue weighted by atomic mass is 9.80. The number of nitrogens with one attached hydrogen (secondary N) is 1. The molecule has 0 saturated carbocycles. The van der Waals surface area contributed by atoms with E-state index in [-0.39, 0.29) is 0 Å². The van der Waals surface area contributed by atoms with Crippen LogP contribution in [0, 0.1) is 5.41 Å². The van der Waals surface area contributed by atoms with Crippen molar-refractivity contribution in [2.24, 2.45) is 5.41 Å². The van der Waals surface area contributed by atoms with Crippen LogP contribution in [-0.2, 0) is 13.1 Å². The van der Waals surface area contributed by atoms with E-state index < -0.39 is 0 Å². The van der Waals surface area contributed by atoms with Crippen LogP contribution in [0.4, 0.5) is 0 Å². The molecule has 0 aromatic carbocycles. The molecule has 2 aliphatic heterocycles. The predicted molar refractivity (Wildman–Crippen MR) is 70.1 cm³/mol. The Kier molecular flexibility index (Phi) is 3.35. The van der Waals surface area contributed by atoms with Gasteiger partial charge in [0.15, 0.2) is 0 Å². The van der Waals surface area contributed by atoms with Gasteiger partial charge in [0.2, 0.25) is 0 Å². The molecule has 1 aromatic rings. The van der Waals surface area contributed by atoms with Gasteiger partial charge in [-0.1, -0.05) is 0 Å². The minimum absolute atomic E-state index is 0.537. The molecule has 2 saturated heterocycles. The summed E-state index contributed by atoms with van der Waals surface area (Å²) in [5.74, 6) is 1.11. The van der Waals surface area contributed by atoms with Crippen molar-refractivity contribution >= 4 is 0 Å². The van der Waals surface area contributed by atoms with Gasteiger partial charge >= 0.3 is 0 Å². The number of likely N-dealkylation sites (tertiary alicyclic amines) is 1. The summed E-state index contributed by atoms with van der Waals surface area (Å²) in [5, 5.41) is 7.81. The molecule has 2 aliphatic rings. The Bertz CT molecular complexity index is 394. The number of aromatic nitrogens is 3. The van der Waals surface area contributed by atoms with Gasteiger partial charge in [0.1, 0.15) is 12.2 Å². The zero-order chi connectivity index (χ0) is 12.4. The minimum Gasteiger partial charge on any atom is -0.316 e. The van der Waals surface area contributed by atoms with Crippen molar-refractivity contribution in [2.45, 2.75) is 39.3 Å². The third-order valence-electron chi connectivity index (χ3n) is 4.44. The molecule has 1 atom stereocenters. The molecule has 0 aliphatic carbocycles. The number of rotatable bonds is 3. The lowest BCUT2D eigenvalue weighted by molar-refractivity contribution is 0.197. The van der Waals surface area contributed by atoms with Crippen molar-refractivity contribution in [1.82, 2.24) is 25.0 Å². The maximum atomic E-state index is 4.38. The molecule has 2 fully saturated rings. The molecule has 1 unspecified atom stereocenters. The van der Waals surface area contributed by atoms with E-state index in [9.17, 15) is 0 Å². The van der Waals surface area contributed by atoms with Crippen molar-refractivity contribution < 1.29 is 0 Å². The Morgan fingerprint density at radius 1 is 1.44 bits per heavy atom. The Balaban J connectivity index is 1.62. The van der Waals surface area contributed by atoms with Gasteiger partial charge in [0, 0.05) is 19.6 Å². The van der Waals surface area contributed by atoms with E-state index in [0.717, 1.165) is 18.9 Å². The van der Waals surface area contributed by atoms with Crippen LogP contribution in [0.1, 0.15) is 32.0 Å². The summed E-state index contributed by atoms with van der Waals surface area (Å²) in [5.41, 5.74) is 0.537. The standard InChI is InChI=1S/C13H23N5/c1-2-18-12(15-11-16-18)8-17-7-5-13(10-17)4-3-6-14-9-13/h11,14H,2-10H2,1H3. The quantitative estimate of drug-likeness (QED) is 0.863. The lowest BCUT2D eigenvalue weighted by Gasteiger charge is -2.33. The van der Waals surface area contributed by atoms with E-state index in [1.54, 1.807) is 6.33 Å². The third-order valence-corrected chi connectivity index (χ3v) is 4.44. The first-order valence-corrected chi connectivity index (χ1v) is 7.11. The van der Waals surface area contributed by atoms with Gasteiger partial charge in [-0.3, -0.25) is 4.90 Å². The van der Waals surface area contributed by atoms with Crippen LogP contribution in [0.2, 0.25) is 0 Å². The molecule has 100 valence electrons. The van der Waals surface area contributed by atoms with E-state index in [2.05, 4.69) is 27.2 Å². The fraction of sp³-hybridized carbons (Fsp3) is 0.846. The SMILES string of the molecule is CCn1ncnc1CN1CCC2(CCCNC2)C1. The largest absolute Gasteiger partial charge is 0.316 e. The predicted octanol–water partition coefficient (Wildman–Crippen LogP) is 0.873. The first-order valence-electron chi connectivity index (χ1n) is 7.11. The van der Waals surface area contributed by atoms with Gasteiger partial charge in [-0.15, -0.1) is 0 Å². The molecular weight excluding hydrogens is 226 g/mol. The van der Waals surface area contributed by atoms with Crippen LogP contribution >= 0.6 is 0 Å². The number of hydrogen-bond donors (Lipinski definition) is 1. The van der Waals surface area contributed by atoms with Crippen molar-refractivity contribution in [2.75, 3.05) is 26.2 Å². The number of hydrogen-bond acceptors (Lipinski definition) is 4. The van der Waals surface area contributed by atoms with E-state index in [1.807, 2.05) is 4.68 Å². The zero-order valence-electron chi connectivity index (χ0n) is 11.2.